The maximum atomic E-state index is 12.9. The van der Waals surface area contributed by atoms with Crippen LogP contribution in [0.1, 0.15) is 349 Å². The predicted octanol–water partition coefficient (Wildman–Crippen LogP) is 20.4. The van der Waals surface area contributed by atoms with Crippen molar-refractivity contribution in [1.29, 1.82) is 0 Å². The Morgan fingerprint density at radius 1 is 0.309 bits per heavy atom. The number of carbonyl (C=O) groups is 3. The fourth-order valence-corrected chi connectivity index (χ4v) is 9.55. The Hall–Kier alpha value is -1.59. The van der Waals surface area contributed by atoms with Crippen LogP contribution in [-0.4, -0.2) is 37.2 Å². The molecule has 0 rings (SSSR count). The molecule has 0 aromatic carbocycles. The lowest BCUT2D eigenvalue weighted by Crippen LogP contribution is -2.30. The van der Waals surface area contributed by atoms with Gasteiger partial charge in [-0.2, -0.15) is 0 Å². The maximum absolute atomic E-state index is 12.9. The highest BCUT2D eigenvalue weighted by molar-refractivity contribution is 5.71. The van der Waals surface area contributed by atoms with E-state index in [0.29, 0.717) is 19.3 Å². The van der Waals surface area contributed by atoms with Gasteiger partial charge in [0.1, 0.15) is 13.2 Å². The minimum atomic E-state index is -0.763. The summed E-state index contributed by atoms with van der Waals surface area (Å²) in [7, 11) is 0. The predicted molar refractivity (Wildman–Crippen MR) is 293 cm³/mol. The van der Waals surface area contributed by atoms with E-state index in [9.17, 15) is 14.4 Å². The lowest BCUT2D eigenvalue weighted by molar-refractivity contribution is -0.167. The van der Waals surface area contributed by atoms with E-state index in [1.807, 2.05) is 0 Å². The van der Waals surface area contributed by atoms with Gasteiger partial charge in [-0.1, -0.05) is 311 Å². The second-order valence-electron chi connectivity index (χ2n) is 22.1. The summed E-state index contributed by atoms with van der Waals surface area (Å²) in [4.78, 5) is 38.2. The van der Waals surface area contributed by atoms with E-state index in [4.69, 9.17) is 14.2 Å². The van der Waals surface area contributed by atoms with Crippen LogP contribution in [-0.2, 0) is 28.6 Å². The maximum Gasteiger partial charge on any atom is 0.306 e. The molecular formula is C62H120O6. The van der Waals surface area contributed by atoms with Crippen molar-refractivity contribution in [2.45, 2.75) is 355 Å². The van der Waals surface area contributed by atoms with Crippen molar-refractivity contribution in [3.05, 3.63) is 0 Å². The third kappa shape index (κ3) is 53.8. The Morgan fingerprint density at radius 2 is 0.559 bits per heavy atom. The van der Waals surface area contributed by atoms with Crippen molar-refractivity contribution in [2.24, 2.45) is 11.8 Å². The zero-order valence-electron chi connectivity index (χ0n) is 46.7. The van der Waals surface area contributed by atoms with Crippen LogP contribution in [0.15, 0.2) is 0 Å². The molecule has 6 heteroatoms. The average Bonchev–Trinajstić information content (AvgIpc) is 3.32. The molecule has 404 valence electrons. The highest BCUT2D eigenvalue weighted by Crippen LogP contribution is 2.19. The summed E-state index contributed by atoms with van der Waals surface area (Å²) < 4.78 is 16.9. The fourth-order valence-electron chi connectivity index (χ4n) is 9.55. The fraction of sp³-hybridized carbons (Fsp3) is 0.952. The molecule has 0 aliphatic heterocycles. The summed E-state index contributed by atoms with van der Waals surface area (Å²) in [6, 6.07) is 0. The number of ether oxygens (including phenoxy) is 3. The van der Waals surface area contributed by atoms with E-state index >= 15 is 0 Å². The number of unbranched alkanes of at least 4 members (excludes halogenated alkanes) is 40. The number of hydrogen-bond acceptors (Lipinski definition) is 6. The molecule has 0 N–H and O–H groups in total. The van der Waals surface area contributed by atoms with Gasteiger partial charge >= 0.3 is 17.9 Å². The lowest BCUT2D eigenvalue weighted by atomic mass is 9.99. The van der Waals surface area contributed by atoms with Gasteiger partial charge < -0.3 is 14.2 Å². The molecule has 2 atom stereocenters. The zero-order chi connectivity index (χ0) is 49.6. The molecule has 68 heavy (non-hydrogen) atoms. The zero-order valence-corrected chi connectivity index (χ0v) is 46.7. The summed E-state index contributed by atoms with van der Waals surface area (Å²) in [5, 5.41) is 0. The Balaban J connectivity index is 4.30. The molecule has 0 aromatic rings. The molecule has 6 nitrogen and oxygen atoms in total. The summed E-state index contributed by atoms with van der Waals surface area (Å²) in [6.07, 6.45) is 59.4. The smallest absolute Gasteiger partial charge is 0.306 e. The molecule has 1 unspecified atom stereocenters. The molecule has 0 heterocycles. The van der Waals surface area contributed by atoms with E-state index in [1.54, 1.807) is 0 Å². The Labute approximate surface area is 425 Å². The van der Waals surface area contributed by atoms with Crippen LogP contribution in [0.2, 0.25) is 0 Å². The van der Waals surface area contributed by atoms with Crippen LogP contribution >= 0.6 is 0 Å². The Bertz CT molecular complexity index is 1040. The molecule has 0 spiro atoms. The molecule has 0 bridgehead atoms. The summed E-state index contributed by atoms with van der Waals surface area (Å²) in [5.41, 5.74) is 0. The molecule has 0 aliphatic carbocycles. The molecule has 0 radical (unpaired) electrons. The molecule has 0 amide bonds. The summed E-state index contributed by atoms with van der Waals surface area (Å²) >= 11 is 0. The van der Waals surface area contributed by atoms with E-state index in [0.717, 1.165) is 69.6 Å². The first-order valence-corrected chi connectivity index (χ1v) is 30.8. The van der Waals surface area contributed by atoms with Crippen molar-refractivity contribution < 1.29 is 28.6 Å². The van der Waals surface area contributed by atoms with Crippen LogP contribution < -0.4 is 0 Å². The number of hydrogen-bond donors (Lipinski definition) is 0. The van der Waals surface area contributed by atoms with Crippen molar-refractivity contribution in [3.63, 3.8) is 0 Å². The van der Waals surface area contributed by atoms with Gasteiger partial charge in [0.2, 0.25) is 0 Å². The first-order valence-electron chi connectivity index (χ1n) is 30.8. The normalized spacial score (nSPS) is 12.4. The molecule has 0 aromatic heterocycles. The van der Waals surface area contributed by atoms with Crippen LogP contribution in [0.5, 0.6) is 0 Å². The molecule has 0 aliphatic rings. The minimum absolute atomic E-state index is 0.0621. The number of rotatable bonds is 56. The van der Waals surface area contributed by atoms with E-state index < -0.39 is 6.10 Å². The van der Waals surface area contributed by atoms with E-state index in [2.05, 4.69) is 34.6 Å². The van der Waals surface area contributed by atoms with Crippen molar-refractivity contribution >= 4 is 17.9 Å². The molecule has 0 saturated carbocycles. The quantitative estimate of drug-likeness (QED) is 0.0343. The Morgan fingerprint density at radius 3 is 0.838 bits per heavy atom. The van der Waals surface area contributed by atoms with Crippen LogP contribution in [0.4, 0.5) is 0 Å². The number of esters is 3. The second-order valence-corrected chi connectivity index (χ2v) is 22.1. The van der Waals surface area contributed by atoms with Gasteiger partial charge in [-0.25, -0.2) is 0 Å². The SMILES string of the molecule is CCCCCCCCCCCCCCCCCCC(=O)OC[C@H](COC(=O)CCCCCCCCCCCCCCCC(C)C)OC(=O)CCCCCCCCCCCCCCCCC(C)CC. The van der Waals surface area contributed by atoms with E-state index in [1.165, 1.54) is 238 Å². The summed E-state index contributed by atoms with van der Waals surface area (Å²) in [6.45, 7) is 11.5. The van der Waals surface area contributed by atoms with Gasteiger partial charge in [0.05, 0.1) is 0 Å². The van der Waals surface area contributed by atoms with Crippen molar-refractivity contribution in [2.75, 3.05) is 13.2 Å². The molecule has 0 saturated heterocycles. The Kier molecular flexibility index (Phi) is 53.5. The highest BCUT2D eigenvalue weighted by Gasteiger charge is 2.19. The monoisotopic (exact) mass is 961 g/mol. The first kappa shape index (κ1) is 66.4. The minimum Gasteiger partial charge on any atom is -0.462 e. The van der Waals surface area contributed by atoms with Crippen LogP contribution in [0.3, 0.4) is 0 Å². The van der Waals surface area contributed by atoms with Crippen molar-refractivity contribution in [1.82, 2.24) is 0 Å². The topological polar surface area (TPSA) is 78.9 Å². The average molecular weight is 962 g/mol. The van der Waals surface area contributed by atoms with Crippen molar-refractivity contribution in [3.8, 4) is 0 Å². The largest absolute Gasteiger partial charge is 0.462 e. The third-order valence-electron chi connectivity index (χ3n) is 14.6. The molecular weight excluding hydrogens is 841 g/mol. The lowest BCUT2D eigenvalue weighted by Gasteiger charge is -2.18. The summed E-state index contributed by atoms with van der Waals surface area (Å²) in [5.74, 6) is 0.900. The third-order valence-corrected chi connectivity index (χ3v) is 14.6. The van der Waals surface area contributed by atoms with Gasteiger partial charge in [-0.3, -0.25) is 14.4 Å². The van der Waals surface area contributed by atoms with E-state index in [-0.39, 0.29) is 31.1 Å². The number of carbonyl (C=O) groups excluding carboxylic acids is 3. The van der Waals surface area contributed by atoms with Gasteiger partial charge in [-0.05, 0) is 31.1 Å². The van der Waals surface area contributed by atoms with Gasteiger partial charge in [0, 0.05) is 19.3 Å². The first-order chi connectivity index (χ1) is 33.3. The van der Waals surface area contributed by atoms with Gasteiger partial charge in [-0.15, -0.1) is 0 Å². The second kappa shape index (κ2) is 54.7. The van der Waals surface area contributed by atoms with Crippen LogP contribution in [0, 0.1) is 11.8 Å². The standard InChI is InChI=1S/C62H120O6/c1-6-8-9-10-11-12-13-14-15-16-22-27-32-37-42-47-52-60(63)66-55-59(56-67-61(64)53-48-43-38-33-28-24-19-20-25-30-35-40-45-50-57(3)4)68-62(65)54-49-44-39-34-29-23-18-17-21-26-31-36-41-46-51-58(5)7-2/h57-59H,6-56H2,1-5H3/t58?,59-/m1/s1. The highest BCUT2D eigenvalue weighted by atomic mass is 16.6. The van der Waals surface area contributed by atoms with Gasteiger partial charge in [0.25, 0.3) is 0 Å². The van der Waals surface area contributed by atoms with Crippen LogP contribution in [0.25, 0.3) is 0 Å². The molecule has 0 fully saturated rings. The van der Waals surface area contributed by atoms with Gasteiger partial charge in [0.15, 0.2) is 6.10 Å².